The molecule has 5 heteroatoms. The van der Waals surface area contributed by atoms with Crippen LogP contribution in [0.5, 0.6) is 5.75 Å². The molecule has 0 aliphatic heterocycles. The first-order valence-electron chi connectivity index (χ1n) is 7.55. The van der Waals surface area contributed by atoms with Gasteiger partial charge in [0.05, 0.1) is 13.2 Å². The topological polar surface area (TPSA) is 50.4 Å². The van der Waals surface area contributed by atoms with Gasteiger partial charge in [-0.25, -0.2) is 4.79 Å². The van der Waals surface area contributed by atoms with Gasteiger partial charge in [-0.3, -0.25) is 0 Å². The summed E-state index contributed by atoms with van der Waals surface area (Å²) in [4.78, 5) is 12.1. The predicted molar refractivity (Wildman–Crippen MR) is 95.5 cm³/mol. The smallest absolute Gasteiger partial charge is 0.315 e. The molecule has 4 nitrogen and oxygen atoms in total. The highest BCUT2D eigenvalue weighted by molar-refractivity contribution is 9.10. The van der Waals surface area contributed by atoms with Gasteiger partial charge >= 0.3 is 6.03 Å². The third-order valence-corrected chi connectivity index (χ3v) is 4.07. The second kappa shape index (κ2) is 8.58. The molecule has 0 spiro atoms. The normalized spacial score (nSPS) is 11.6. The van der Waals surface area contributed by atoms with Gasteiger partial charge < -0.3 is 15.4 Å². The summed E-state index contributed by atoms with van der Waals surface area (Å²) < 4.78 is 6.16. The van der Waals surface area contributed by atoms with E-state index in [-0.39, 0.29) is 12.1 Å². The minimum Gasteiger partial charge on any atom is -0.497 e. The van der Waals surface area contributed by atoms with Crippen molar-refractivity contribution in [3.63, 3.8) is 0 Å². The van der Waals surface area contributed by atoms with Gasteiger partial charge in [-0.15, -0.1) is 0 Å². The number of rotatable bonds is 6. The zero-order chi connectivity index (χ0) is 16.7. The molecule has 122 valence electrons. The molecule has 2 amide bonds. The lowest BCUT2D eigenvalue weighted by atomic mass is 10.0. The Bertz CT molecular complexity index is 644. The molecule has 0 saturated carbocycles. The quantitative estimate of drug-likeness (QED) is 0.784. The van der Waals surface area contributed by atoms with Crippen molar-refractivity contribution in [3.8, 4) is 5.75 Å². The van der Waals surface area contributed by atoms with E-state index in [9.17, 15) is 4.79 Å². The summed E-state index contributed by atoms with van der Waals surface area (Å²) >= 11 is 3.42. The maximum absolute atomic E-state index is 12.1. The molecule has 0 radical (unpaired) electrons. The Hall–Kier alpha value is -2.01. The summed E-state index contributed by atoms with van der Waals surface area (Å²) in [5.74, 6) is 0.808. The summed E-state index contributed by atoms with van der Waals surface area (Å²) in [5.41, 5.74) is 2.11. The molecular formula is C18H21BrN2O2. The molecular weight excluding hydrogens is 356 g/mol. The van der Waals surface area contributed by atoms with Gasteiger partial charge in [-0.2, -0.15) is 0 Å². The van der Waals surface area contributed by atoms with Crippen LogP contribution < -0.4 is 15.4 Å². The zero-order valence-corrected chi connectivity index (χ0v) is 14.9. The first kappa shape index (κ1) is 17.3. The van der Waals surface area contributed by atoms with E-state index < -0.39 is 0 Å². The average molecular weight is 377 g/mol. The summed E-state index contributed by atoms with van der Waals surface area (Å²) in [7, 11) is 1.64. The van der Waals surface area contributed by atoms with Crippen LogP contribution in [0.25, 0.3) is 0 Å². The van der Waals surface area contributed by atoms with E-state index in [1.165, 1.54) is 0 Å². The fourth-order valence-electron chi connectivity index (χ4n) is 2.30. The number of hydrogen-bond donors (Lipinski definition) is 2. The largest absolute Gasteiger partial charge is 0.497 e. The number of nitrogens with one attached hydrogen (secondary N) is 2. The van der Waals surface area contributed by atoms with E-state index in [0.717, 1.165) is 27.8 Å². The van der Waals surface area contributed by atoms with Gasteiger partial charge in [0, 0.05) is 11.0 Å². The Kier molecular flexibility index (Phi) is 6.47. The highest BCUT2D eigenvalue weighted by Crippen LogP contribution is 2.20. The maximum atomic E-state index is 12.1. The van der Waals surface area contributed by atoms with Crippen LogP contribution in [0, 0.1) is 0 Å². The SMILES string of the molecule is CCC(NC(=O)NCc1cccc(Br)c1)c1ccc(OC)cc1. The fraction of sp³-hybridized carbons (Fsp3) is 0.278. The molecule has 0 bridgehead atoms. The zero-order valence-electron chi connectivity index (χ0n) is 13.3. The standard InChI is InChI=1S/C18H21BrN2O2/c1-3-17(14-7-9-16(23-2)10-8-14)21-18(22)20-12-13-5-4-6-15(19)11-13/h4-11,17H,3,12H2,1-2H3,(H2,20,21,22). The Morgan fingerprint density at radius 1 is 1.22 bits per heavy atom. The minimum absolute atomic E-state index is 0.0246. The van der Waals surface area contributed by atoms with E-state index in [1.807, 2.05) is 55.5 Å². The monoisotopic (exact) mass is 376 g/mol. The Balaban J connectivity index is 1.91. The Morgan fingerprint density at radius 2 is 1.96 bits per heavy atom. The Labute approximate surface area is 145 Å². The molecule has 0 saturated heterocycles. The number of carbonyl (C=O) groups excluding carboxylic acids is 1. The lowest BCUT2D eigenvalue weighted by Gasteiger charge is -2.18. The summed E-state index contributed by atoms with van der Waals surface area (Å²) in [5, 5.41) is 5.89. The highest BCUT2D eigenvalue weighted by Gasteiger charge is 2.12. The fourth-order valence-corrected chi connectivity index (χ4v) is 2.74. The number of amides is 2. The number of hydrogen-bond acceptors (Lipinski definition) is 2. The van der Waals surface area contributed by atoms with Gasteiger partial charge in [0.1, 0.15) is 5.75 Å². The third-order valence-electron chi connectivity index (χ3n) is 3.57. The van der Waals surface area contributed by atoms with Crippen LogP contribution in [0.4, 0.5) is 4.79 Å². The van der Waals surface area contributed by atoms with Crippen LogP contribution in [0.15, 0.2) is 53.0 Å². The van der Waals surface area contributed by atoms with Gasteiger partial charge in [-0.05, 0) is 41.8 Å². The Morgan fingerprint density at radius 3 is 2.57 bits per heavy atom. The van der Waals surface area contributed by atoms with Crippen molar-refractivity contribution >= 4 is 22.0 Å². The molecule has 0 aliphatic carbocycles. The van der Waals surface area contributed by atoms with E-state index in [2.05, 4.69) is 26.6 Å². The number of urea groups is 1. The van der Waals surface area contributed by atoms with Crippen molar-refractivity contribution in [2.24, 2.45) is 0 Å². The van der Waals surface area contributed by atoms with E-state index in [0.29, 0.717) is 6.54 Å². The number of benzene rings is 2. The lowest BCUT2D eigenvalue weighted by Crippen LogP contribution is -2.37. The molecule has 23 heavy (non-hydrogen) atoms. The van der Waals surface area contributed by atoms with Crippen molar-refractivity contribution < 1.29 is 9.53 Å². The van der Waals surface area contributed by atoms with E-state index in [4.69, 9.17) is 4.74 Å². The van der Waals surface area contributed by atoms with Crippen molar-refractivity contribution in [3.05, 3.63) is 64.1 Å². The van der Waals surface area contributed by atoms with Crippen molar-refractivity contribution in [1.29, 1.82) is 0 Å². The summed E-state index contributed by atoms with van der Waals surface area (Å²) in [6.45, 7) is 2.54. The average Bonchev–Trinajstić information content (AvgIpc) is 2.58. The minimum atomic E-state index is -0.173. The van der Waals surface area contributed by atoms with Crippen molar-refractivity contribution in [1.82, 2.24) is 10.6 Å². The van der Waals surface area contributed by atoms with E-state index in [1.54, 1.807) is 7.11 Å². The van der Waals surface area contributed by atoms with Crippen LogP contribution in [0.3, 0.4) is 0 Å². The number of methoxy groups -OCH3 is 1. The van der Waals surface area contributed by atoms with Gasteiger partial charge in [0.15, 0.2) is 0 Å². The second-order valence-corrected chi connectivity index (χ2v) is 6.11. The van der Waals surface area contributed by atoms with Crippen LogP contribution >= 0.6 is 15.9 Å². The van der Waals surface area contributed by atoms with Crippen molar-refractivity contribution in [2.75, 3.05) is 7.11 Å². The van der Waals surface area contributed by atoms with Crippen LogP contribution in [-0.4, -0.2) is 13.1 Å². The molecule has 0 aromatic heterocycles. The molecule has 1 atom stereocenters. The first-order chi connectivity index (χ1) is 11.1. The second-order valence-electron chi connectivity index (χ2n) is 5.19. The highest BCUT2D eigenvalue weighted by atomic mass is 79.9. The van der Waals surface area contributed by atoms with Gasteiger partial charge in [0.25, 0.3) is 0 Å². The molecule has 0 fully saturated rings. The molecule has 2 aromatic rings. The summed E-state index contributed by atoms with van der Waals surface area (Å²) in [6.07, 6.45) is 0.816. The number of ether oxygens (including phenoxy) is 1. The molecule has 1 unspecified atom stereocenters. The molecule has 2 N–H and O–H groups in total. The first-order valence-corrected chi connectivity index (χ1v) is 8.34. The molecule has 0 aliphatic rings. The maximum Gasteiger partial charge on any atom is 0.315 e. The van der Waals surface area contributed by atoms with Crippen LogP contribution in [-0.2, 0) is 6.54 Å². The number of carbonyl (C=O) groups is 1. The molecule has 0 heterocycles. The van der Waals surface area contributed by atoms with Gasteiger partial charge in [0.2, 0.25) is 0 Å². The summed E-state index contributed by atoms with van der Waals surface area (Å²) in [6, 6.07) is 15.4. The van der Waals surface area contributed by atoms with Gasteiger partial charge in [-0.1, -0.05) is 47.1 Å². The van der Waals surface area contributed by atoms with Crippen molar-refractivity contribution in [2.45, 2.75) is 25.9 Å². The van der Waals surface area contributed by atoms with E-state index >= 15 is 0 Å². The number of halogens is 1. The van der Waals surface area contributed by atoms with Crippen LogP contribution in [0.2, 0.25) is 0 Å². The molecule has 2 aromatic carbocycles. The predicted octanol–water partition coefficient (Wildman–Crippen LogP) is 4.41. The van der Waals surface area contributed by atoms with Crippen LogP contribution in [0.1, 0.15) is 30.5 Å². The lowest BCUT2D eigenvalue weighted by molar-refractivity contribution is 0.236. The molecule has 2 rings (SSSR count). The third kappa shape index (κ3) is 5.28.